The number of alkyl carbamates (subject to hydrolysis) is 1. The summed E-state index contributed by atoms with van der Waals surface area (Å²) in [5, 5.41) is 10.3. The molecule has 5 nitrogen and oxygen atoms in total. The van der Waals surface area contributed by atoms with Crippen LogP contribution >= 0.6 is 0 Å². The number of hydrogen-bond acceptors (Lipinski definition) is 3. The maximum Gasteiger partial charge on any atom is 0.408 e. The minimum atomic E-state index is -1.10. The van der Waals surface area contributed by atoms with Crippen molar-refractivity contribution in [1.82, 2.24) is 5.32 Å². The van der Waals surface area contributed by atoms with Crippen molar-refractivity contribution in [2.45, 2.75) is 33.3 Å². The first-order valence-electron chi connectivity index (χ1n) is 5.72. The second-order valence-corrected chi connectivity index (χ2v) is 4.60. The number of aliphatic carboxylic acids is 1. The SMILES string of the molecule is C=C/C=C(/C)C=C.CC(C)(C)OC(=O)NCC(=O)O. The van der Waals surface area contributed by atoms with Gasteiger partial charge in [0.25, 0.3) is 0 Å². The second kappa shape index (κ2) is 9.94. The number of allylic oxidation sites excluding steroid dienone is 4. The lowest BCUT2D eigenvalue weighted by Crippen LogP contribution is -2.35. The van der Waals surface area contributed by atoms with Crippen LogP contribution in [0.25, 0.3) is 0 Å². The molecule has 0 bridgehead atoms. The zero-order chi connectivity index (χ0) is 15.5. The van der Waals surface area contributed by atoms with Crippen LogP contribution in [0.4, 0.5) is 4.79 Å². The van der Waals surface area contributed by atoms with Gasteiger partial charge in [0.05, 0.1) is 0 Å². The van der Waals surface area contributed by atoms with Crippen LogP contribution in [0.15, 0.2) is 37.0 Å². The third-order valence-corrected chi connectivity index (χ3v) is 1.49. The van der Waals surface area contributed by atoms with Crippen LogP contribution in [0.5, 0.6) is 0 Å². The lowest BCUT2D eigenvalue weighted by atomic mass is 10.2. The fourth-order valence-corrected chi connectivity index (χ4v) is 0.716. The monoisotopic (exact) mass is 269 g/mol. The van der Waals surface area contributed by atoms with E-state index in [9.17, 15) is 9.59 Å². The summed E-state index contributed by atoms with van der Waals surface area (Å²) < 4.78 is 4.77. The van der Waals surface area contributed by atoms with Crippen LogP contribution in [-0.2, 0) is 9.53 Å². The molecule has 0 aromatic heterocycles. The Kier molecular flexibility index (Phi) is 10.1. The third-order valence-electron chi connectivity index (χ3n) is 1.49. The number of carbonyl (C=O) groups excluding carboxylic acids is 1. The molecule has 0 atom stereocenters. The highest BCUT2D eigenvalue weighted by Gasteiger charge is 2.15. The van der Waals surface area contributed by atoms with E-state index in [0.29, 0.717) is 0 Å². The molecule has 0 aliphatic rings. The van der Waals surface area contributed by atoms with Crippen LogP contribution in [-0.4, -0.2) is 29.3 Å². The smallest absolute Gasteiger partial charge is 0.408 e. The lowest BCUT2D eigenvalue weighted by Gasteiger charge is -2.19. The summed E-state index contributed by atoms with van der Waals surface area (Å²) in [6.07, 6.45) is 4.73. The van der Waals surface area contributed by atoms with Gasteiger partial charge in [-0.3, -0.25) is 4.79 Å². The predicted octanol–water partition coefficient (Wildman–Crippen LogP) is 2.90. The first-order chi connectivity index (χ1) is 8.62. The third kappa shape index (κ3) is 18.5. The molecule has 0 heterocycles. The van der Waals surface area contributed by atoms with Gasteiger partial charge in [0.1, 0.15) is 12.1 Å². The summed E-state index contributed by atoms with van der Waals surface area (Å²) in [6.45, 7) is 13.8. The van der Waals surface area contributed by atoms with Gasteiger partial charge in [-0.05, 0) is 27.7 Å². The number of carbonyl (C=O) groups is 2. The quantitative estimate of drug-likeness (QED) is 0.769. The van der Waals surface area contributed by atoms with Gasteiger partial charge in [0.2, 0.25) is 0 Å². The average molecular weight is 269 g/mol. The minimum Gasteiger partial charge on any atom is -0.480 e. The Balaban J connectivity index is 0. The molecule has 0 aromatic rings. The highest BCUT2D eigenvalue weighted by Crippen LogP contribution is 2.05. The van der Waals surface area contributed by atoms with Gasteiger partial charge in [-0.15, -0.1) is 0 Å². The van der Waals surface area contributed by atoms with E-state index >= 15 is 0 Å². The molecular formula is C14H23NO4. The van der Waals surface area contributed by atoms with Gasteiger partial charge in [-0.25, -0.2) is 4.79 Å². The van der Waals surface area contributed by atoms with E-state index in [1.807, 2.05) is 13.0 Å². The fourth-order valence-electron chi connectivity index (χ4n) is 0.716. The van der Waals surface area contributed by atoms with E-state index in [1.54, 1.807) is 32.9 Å². The van der Waals surface area contributed by atoms with E-state index in [2.05, 4.69) is 18.5 Å². The fraction of sp³-hybridized carbons (Fsp3) is 0.429. The normalized spacial score (nSPS) is 10.6. The Morgan fingerprint density at radius 2 is 1.84 bits per heavy atom. The molecule has 0 radical (unpaired) electrons. The summed E-state index contributed by atoms with van der Waals surface area (Å²) in [5.74, 6) is -1.10. The molecule has 0 saturated carbocycles. The van der Waals surface area contributed by atoms with E-state index in [1.165, 1.54) is 0 Å². The largest absolute Gasteiger partial charge is 0.480 e. The van der Waals surface area contributed by atoms with Crippen molar-refractivity contribution in [2.75, 3.05) is 6.54 Å². The van der Waals surface area contributed by atoms with E-state index in [-0.39, 0.29) is 0 Å². The number of carboxylic acids is 1. The van der Waals surface area contributed by atoms with Gasteiger partial charge < -0.3 is 15.2 Å². The molecule has 0 rings (SSSR count). The molecular weight excluding hydrogens is 246 g/mol. The van der Waals surface area contributed by atoms with Gasteiger partial charge in [-0.1, -0.05) is 37.0 Å². The van der Waals surface area contributed by atoms with Crippen LogP contribution in [0.2, 0.25) is 0 Å². The van der Waals surface area contributed by atoms with Crippen LogP contribution in [0.3, 0.4) is 0 Å². The summed E-state index contributed by atoms with van der Waals surface area (Å²) in [5.41, 5.74) is 0.553. The van der Waals surface area contributed by atoms with Gasteiger partial charge in [-0.2, -0.15) is 0 Å². The summed E-state index contributed by atoms with van der Waals surface area (Å²) in [4.78, 5) is 20.8. The number of amides is 1. The Hall–Kier alpha value is -2.04. The molecule has 0 aromatic carbocycles. The van der Waals surface area contributed by atoms with Crippen molar-refractivity contribution in [1.29, 1.82) is 0 Å². The molecule has 0 spiro atoms. The maximum atomic E-state index is 10.8. The highest BCUT2D eigenvalue weighted by atomic mass is 16.6. The molecule has 2 N–H and O–H groups in total. The zero-order valence-corrected chi connectivity index (χ0v) is 12.0. The van der Waals surface area contributed by atoms with E-state index < -0.39 is 24.2 Å². The van der Waals surface area contributed by atoms with Crippen molar-refractivity contribution < 1.29 is 19.4 Å². The van der Waals surface area contributed by atoms with E-state index in [0.717, 1.165) is 5.57 Å². The number of rotatable bonds is 4. The Morgan fingerprint density at radius 1 is 1.32 bits per heavy atom. The van der Waals surface area contributed by atoms with Crippen molar-refractivity contribution >= 4 is 12.1 Å². The molecule has 0 saturated heterocycles. The van der Waals surface area contributed by atoms with Gasteiger partial charge in [0, 0.05) is 0 Å². The highest BCUT2D eigenvalue weighted by molar-refractivity contribution is 5.76. The lowest BCUT2D eigenvalue weighted by molar-refractivity contribution is -0.136. The summed E-state index contributed by atoms with van der Waals surface area (Å²) in [6, 6.07) is 0. The molecule has 108 valence electrons. The standard InChI is InChI=1S/C7H13NO4.C7H10/c1-7(2,3)12-6(11)8-4-5(9)10;1-4-6-7(3)5-2/h4H2,1-3H3,(H,8,11)(H,9,10);4-6H,1-2H2,3H3/b;7-6-. The molecule has 5 heteroatoms. The van der Waals surface area contributed by atoms with Crippen LogP contribution < -0.4 is 5.32 Å². The van der Waals surface area contributed by atoms with Crippen molar-refractivity contribution in [3.8, 4) is 0 Å². The zero-order valence-electron chi connectivity index (χ0n) is 12.0. The number of hydrogen-bond donors (Lipinski definition) is 2. The van der Waals surface area contributed by atoms with Crippen molar-refractivity contribution in [2.24, 2.45) is 0 Å². The molecule has 19 heavy (non-hydrogen) atoms. The summed E-state index contributed by atoms with van der Waals surface area (Å²) >= 11 is 0. The first-order valence-corrected chi connectivity index (χ1v) is 5.72. The average Bonchev–Trinajstić information content (AvgIpc) is 2.25. The number of nitrogens with one attached hydrogen (secondary N) is 1. The molecule has 0 unspecified atom stereocenters. The Bertz CT molecular complexity index is 351. The minimum absolute atomic E-state index is 0.422. The molecule has 1 amide bonds. The van der Waals surface area contributed by atoms with Crippen LogP contribution in [0.1, 0.15) is 27.7 Å². The first kappa shape index (κ1) is 19.3. The second-order valence-electron chi connectivity index (χ2n) is 4.60. The van der Waals surface area contributed by atoms with Crippen molar-refractivity contribution in [3.63, 3.8) is 0 Å². The molecule has 0 aliphatic carbocycles. The number of ether oxygens (including phenoxy) is 1. The Morgan fingerprint density at radius 3 is 2.11 bits per heavy atom. The van der Waals surface area contributed by atoms with E-state index in [4.69, 9.17) is 9.84 Å². The topological polar surface area (TPSA) is 75.6 Å². The Labute approximate surface area is 114 Å². The molecule has 0 fully saturated rings. The van der Waals surface area contributed by atoms with Gasteiger partial charge >= 0.3 is 12.1 Å². The van der Waals surface area contributed by atoms with Crippen molar-refractivity contribution in [3.05, 3.63) is 37.0 Å². The van der Waals surface area contributed by atoms with Crippen LogP contribution in [0, 0.1) is 0 Å². The van der Waals surface area contributed by atoms with Gasteiger partial charge in [0.15, 0.2) is 0 Å². The maximum absolute atomic E-state index is 10.8. The predicted molar refractivity (Wildman–Crippen MR) is 76.0 cm³/mol. The molecule has 0 aliphatic heterocycles. The number of carboxylic acid groups (broad SMARTS) is 1. The summed E-state index contributed by atoms with van der Waals surface area (Å²) in [7, 11) is 0.